The molecular weight excluding hydrogens is 286 g/mol. The van der Waals surface area contributed by atoms with Crippen LogP contribution in [0.2, 0.25) is 0 Å². The van der Waals surface area contributed by atoms with Crippen LogP contribution in [0.3, 0.4) is 0 Å². The summed E-state index contributed by atoms with van der Waals surface area (Å²) < 4.78 is 4.98. The van der Waals surface area contributed by atoms with Crippen molar-refractivity contribution >= 4 is 5.69 Å². The normalized spacial score (nSPS) is 33.1. The number of nitro groups is 1. The van der Waals surface area contributed by atoms with Crippen LogP contribution in [0, 0.1) is 16.0 Å². The molecule has 1 fully saturated rings. The van der Waals surface area contributed by atoms with E-state index in [0.29, 0.717) is 0 Å². The van der Waals surface area contributed by atoms with Crippen molar-refractivity contribution in [1.29, 1.82) is 0 Å². The predicted octanol–water partition coefficient (Wildman–Crippen LogP) is -1.63. The molecule has 2 rings (SSSR count). The Labute approximate surface area is 118 Å². The average Bonchev–Trinajstić information content (AvgIpc) is 2.47. The molecule has 0 aliphatic heterocycles. The van der Waals surface area contributed by atoms with E-state index in [4.69, 9.17) is 9.84 Å². The molecule has 0 radical (unpaired) electrons. The lowest BCUT2D eigenvalue weighted by molar-refractivity contribution is -0.385. The maximum atomic E-state index is 10.6. The molecule has 9 nitrogen and oxygen atoms in total. The number of hydrogen-bond acceptors (Lipinski definition) is 8. The van der Waals surface area contributed by atoms with Crippen molar-refractivity contribution in [2.24, 2.45) is 5.92 Å². The van der Waals surface area contributed by atoms with Gasteiger partial charge in [-0.05, 0) is 6.07 Å². The summed E-state index contributed by atoms with van der Waals surface area (Å²) in [5, 5.41) is 58.7. The molecule has 116 valence electrons. The van der Waals surface area contributed by atoms with Gasteiger partial charge in [-0.25, -0.2) is 0 Å². The Hall–Kier alpha value is -1.78. The minimum atomic E-state index is -2.27. The molecule has 1 aliphatic rings. The van der Waals surface area contributed by atoms with E-state index in [1.165, 1.54) is 18.2 Å². The zero-order valence-corrected chi connectivity index (χ0v) is 10.7. The molecule has 5 N–H and O–H groups in total. The molecule has 21 heavy (non-hydrogen) atoms. The van der Waals surface area contributed by atoms with Gasteiger partial charge in [-0.2, -0.15) is 0 Å². The molecule has 5 unspecified atom stereocenters. The number of ether oxygens (including phenoxy) is 1. The Bertz CT molecular complexity index is 538. The first-order valence-corrected chi connectivity index (χ1v) is 6.11. The fourth-order valence-corrected chi connectivity index (χ4v) is 2.35. The van der Waals surface area contributed by atoms with Gasteiger partial charge in [0.2, 0.25) is 6.29 Å². The van der Waals surface area contributed by atoms with Gasteiger partial charge in [0.1, 0.15) is 11.9 Å². The van der Waals surface area contributed by atoms with E-state index < -0.39 is 41.5 Å². The highest BCUT2D eigenvalue weighted by molar-refractivity contribution is 5.38. The zero-order valence-electron chi connectivity index (χ0n) is 10.7. The van der Waals surface area contributed by atoms with E-state index in [1.54, 1.807) is 0 Å². The van der Waals surface area contributed by atoms with Crippen LogP contribution in [-0.4, -0.2) is 61.2 Å². The quantitative estimate of drug-likeness (QED) is 0.247. The van der Waals surface area contributed by atoms with Crippen molar-refractivity contribution in [3.8, 4) is 5.75 Å². The molecule has 0 bridgehead atoms. The van der Waals surface area contributed by atoms with E-state index in [0.717, 1.165) is 6.07 Å². The van der Waals surface area contributed by atoms with Gasteiger partial charge < -0.3 is 30.3 Å². The monoisotopic (exact) mass is 301 g/mol. The summed E-state index contributed by atoms with van der Waals surface area (Å²) >= 11 is 0. The van der Waals surface area contributed by atoms with Gasteiger partial charge in [-0.15, -0.1) is 0 Å². The third-order valence-electron chi connectivity index (χ3n) is 3.67. The Morgan fingerprint density at radius 1 is 1.43 bits per heavy atom. The van der Waals surface area contributed by atoms with E-state index >= 15 is 0 Å². The van der Waals surface area contributed by atoms with Gasteiger partial charge in [-0.1, -0.05) is 6.07 Å². The Morgan fingerprint density at radius 2 is 2.10 bits per heavy atom. The zero-order chi connectivity index (χ0) is 15.8. The molecule has 0 spiro atoms. The van der Waals surface area contributed by atoms with Crippen LogP contribution in [-0.2, 0) is 0 Å². The van der Waals surface area contributed by atoms with Crippen LogP contribution in [0.1, 0.15) is 0 Å². The predicted molar refractivity (Wildman–Crippen MR) is 67.3 cm³/mol. The van der Waals surface area contributed by atoms with Crippen molar-refractivity contribution in [3.63, 3.8) is 0 Å². The number of rotatable bonds is 5. The smallest absolute Gasteiger partial charge is 0.273 e. The first-order valence-electron chi connectivity index (χ1n) is 6.11. The lowest BCUT2D eigenvalue weighted by Crippen LogP contribution is -2.76. The van der Waals surface area contributed by atoms with Crippen LogP contribution >= 0.6 is 0 Å². The molecule has 0 aromatic heterocycles. The molecule has 1 saturated carbocycles. The average molecular weight is 301 g/mol. The van der Waals surface area contributed by atoms with Gasteiger partial charge in [0, 0.05) is 12.0 Å². The lowest BCUT2D eigenvalue weighted by atomic mass is 9.64. The van der Waals surface area contributed by atoms with Crippen molar-refractivity contribution in [1.82, 2.24) is 0 Å². The van der Waals surface area contributed by atoms with Crippen molar-refractivity contribution < 1.29 is 35.2 Å². The van der Waals surface area contributed by atoms with Crippen LogP contribution in [0.5, 0.6) is 5.75 Å². The summed E-state index contributed by atoms with van der Waals surface area (Å²) in [7, 11) is 0. The van der Waals surface area contributed by atoms with Gasteiger partial charge >= 0.3 is 0 Å². The number of aliphatic hydroxyl groups excluding tert-OH is 4. The molecule has 9 heteroatoms. The highest BCUT2D eigenvalue weighted by Gasteiger charge is 2.65. The summed E-state index contributed by atoms with van der Waals surface area (Å²) in [6.45, 7) is -0.677. The third-order valence-corrected chi connectivity index (χ3v) is 3.67. The number of nitrogens with zero attached hydrogens (tertiary/aromatic N) is 1. The molecule has 1 aromatic carbocycles. The fourth-order valence-electron chi connectivity index (χ4n) is 2.35. The standard InChI is InChI=1S/C12H15NO8/c14-5-8-9(15)10(16)12(8,18)11(17)21-7-3-1-2-6(4-7)13(19)20/h1-4,8-11,14-18H,5H2. The van der Waals surface area contributed by atoms with Gasteiger partial charge in [0.05, 0.1) is 23.7 Å². The maximum Gasteiger partial charge on any atom is 0.273 e. The summed E-state index contributed by atoms with van der Waals surface area (Å²) in [5.74, 6) is -1.29. The summed E-state index contributed by atoms with van der Waals surface area (Å²) in [6, 6.07) is 4.88. The van der Waals surface area contributed by atoms with Crippen molar-refractivity contribution in [2.75, 3.05) is 6.61 Å². The lowest BCUT2D eigenvalue weighted by Gasteiger charge is -2.53. The highest BCUT2D eigenvalue weighted by atomic mass is 16.6. The first kappa shape index (κ1) is 15.6. The van der Waals surface area contributed by atoms with Crippen LogP contribution < -0.4 is 4.74 Å². The van der Waals surface area contributed by atoms with E-state index in [-0.39, 0.29) is 11.4 Å². The van der Waals surface area contributed by atoms with E-state index in [9.17, 15) is 30.5 Å². The Balaban J connectivity index is 2.16. The number of benzene rings is 1. The van der Waals surface area contributed by atoms with Crippen LogP contribution in [0.25, 0.3) is 0 Å². The molecule has 1 aliphatic carbocycles. The third kappa shape index (κ3) is 2.45. The van der Waals surface area contributed by atoms with Crippen LogP contribution in [0.4, 0.5) is 5.69 Å². The largest absolute Gasteiger partial charge is 0.462 e. The number of nitro benzene ring substituents is 1. The maximum absolute atomic E-state index is 10.6. The van der Waals surface area contributed by atoms with Crippen molar-refractivity contribution in [3.05, 3.63) is 34.4 Å². The fraction of sp³-hybridized carbons (Fsp3) is 0.500. The Morgan fingerprint density at radius 3 is 2.67 bits per heavy atom. The highest BCUT2D eigenvalue weighted by Crippen LogP contribution is 2.42. The summed E-state index contributed by atoms with van der Waals surface area (Å²) in [4.78, 5) is 9.97. The molecule has 0 saturated heterocycles. The first-order chi connectivity index (χ1) is 9.82. The van der Waals surface area contributed by atoms with Gasteiger partial charge in [0.15, 0.2) is 5.60 Å². The molecule has 5 atom stereocenters. The van der Waals surface area contributed by atoms with Crippen molar-refractivity contribution in [2.45, 2.75) is 24.1 Å². The molecule has 0 heterocycles. The Kier molecular flexibility index (Phi) is 4.12. The SMILES string of the molecule is O=[N+]([O-])c1cccc(OC(O)C2(O)C(O)C(O)C2CO)c1. The second kappa shape index (κ2) is 5.54. The molecule has 1 aromatic rings. The number of aliphatic hydroxyl groups is 5. The molecular formula is C12H15NO8. The second-order valence-electron chi connectivity index (χ2n) is 4.84. The minimum absolute atomic E-state index is 0.101. The number of hydrogen-bond donors (Lipinski definition) is 5. The van der Waals surface area contributed by atoms with Gasteiger partial charge in [-0.3, -0.25) is 10.1 Å². The number of non-ortho nitro benzene ring substituents is 1. The molecule has 0 amide bonds. The second-order valence-corrected chi connectivity index (χ2v) is 4.84. The summed E-state index contributed by atoms with van der Waals surface area (Å²) in [6.07, 6.45) is -5.08. The van der Waals surface area contributed by atoms with E-state index in [1.807, 2.05) is 0 Å². The van der Waals surface area contributed by atoms with E-state index in [2.05, 4.69) is 0 Å². The minimum Gasteiger partial charge on any atom is -0.462 e. The van der Waals surface area contributed by atoms with Crippen LogP contribution in [0.15, 0.2) is 24.3 Å². The van der Waals surface area contributed by atoms with Gasteiger partial charge in [0.25, 0.3) is 5.69 Å². The topological polar surface area (TPSA) is 154 Å². The summed E-state index contributed by atoms with van der Waals surface area (Å²) in [5.41, 5.74) is -2.54.